The molecule has 0 aromatic heterocycles. The third kappa shape index (κ3) is 7.52. The Morgan fingerprint density at radius 2 is 1.92 bits per heavy atom. The minimum Gasteiger partial charge on any atom is -0.493 e. The van der Waals surface area contributed by atoms with Gasteiger partial charge in [0.2, 0.25) is 0 Å². The molecule has 3 N–H and O–H groups in total. The van der Waals surface area contributed by atoms with Crippen molar-refractivity contribution < 1.29 is 14.2 Å². The van der Waals surface area contributed by atoms with E-state index in [9.17, 15) is 0 Å². The van der Waals surface area contributed by atoms with E-state index in [4.69, 9.17) is 19.9 Å². The zero-order valence-electron chi connectivity index (χ0n) is 15.2. The van der Waals surface area contributed by atoms with Crippen molar-refractivity contribution in [2.24, 2.45) is 10.7 Å². The summed E-state index contributed by atoms with van der Waals surface area (Å²) in [5.41, 5.74) is 7.02. The molecule has 1 aromatic carbocycles. The monoisotopic (exact) mass is 338 g/mol. The van der Waals surface area contributed by atoms with Crippen LogP contribution in [0.1, 0.15) is 5.56 Å². The van der Waals surface area contributed by atoms with Gasteiger partial charge in [0.1, 0.15) is 0 Å². The van der Waals surface area contributed by atoms with Gasteiger partial charge in [0.05, 0.1) is 27.4 Å². The molecule has 0 spiro atoms. The van der Waals surface area contributed by atoms with Gasteiger partial charge < -0.3 is 30.2 Å². The van der Waals surface area contributed by atoms with E-state index in [0.29, 0.717) is 19.0 Å². The van der Waals surface area contributed by atoms with E-state index < -0.39 is 0 Å². The van der Waals surface area contributed by atoms with E-state index in [1.165, 1.54) is 0 Å². The average molecular weight is 338 g/mol. The molecule has 0 radical (unpaired) electrons. The summed E-state index contributed by atoms with van der Waals surface area (Å²) in [5, 5.41) is 3.13. The fraction of sp³-hybridized carbons (Fsp3) is 0.588. The van der Waals surface area contributed by atoms with E-state index >= 15 is 0 Å². The van der Waals surface area contributed by atoms with Gasteiger partial charge in [0, 0.05) is 26.7 Å². The van der Waals surface area contributed by atoms with Crippen LogP contribution in [0.4, 0.5) is 0 Å². The van der Waals surface area contributed by atoms with E-state index in [1.807, 2.05) is 25.2 Å². The van der Waals surface area contributed by atoms with Crippen molar-refractivity contribution in [2.45, 2.75) is 6.42 Å². The van der Waals surface area contributed by atoms with Crippen molar-refractivity contribution >= 4 is 5.96 Å². The van der Waals surface area contributed by atoms with E-state index in [0.717, 1.165) is 43.2 Å². The lowest BCUT2D eigenvalue weighted by Crippen LogP contribution is -2.34. The molecule has 0 saturated carbocycles. The predicted octanol–water partition coefficient (Wildman–Crippen LogP) is 0.729. The second kappa shape index (κ2) is 11.5. The molecule has 7 heteroatoms. The molecular weight excluding hydrogens is 308 g/mol. The standard InChI is InChI=1S/C17H30N4O3/c1-21(11-12-22-2)10-9-20-17(18)19-8-7-14-5-6-15(23-3)16(13-14)24-4/h5-6,13H,7-12H2,1-4H3,(H3,18,19,20). The van der Waals surface area contributed by atoms with Crippen LogP contribution in [0.5, 0.6) is 11.5 Å². The highest BCUT2D eigenvalue weighted by Crippen LogP contribution is 2.27. The van der Waals surface area contributed by atoms with Crippen LogP contribution in [-0.2, 0) is 11.2 Å². The Morgan fingerprint density at radius 1 is 1.17 bits per heavy atom. The molecule has 136 valence electrons. The molecule has 0 aliphatic heterocycles. The molecule has 0 fully saturated rings. The van der Waals surface area contributed by atoms with Crippen LogP contribution in [0.15, 0.2) is 23.2 Å². The smallest absolute Gasteiger partial charge is 0.188 e. The van der Waals surface area contributed by atoms with Gasteiger partial charge in [-0.25, -0.2) is 0 Å². The maximum Gasteiger partial charge on any atom is 0.188 e. The van der Waals surface area contributed by atoms with Gasteiger partial charge in [-0.3, -0.25) is 4.99 Å². The van der Waals surface area contributed by atoms with Gasteiger partial charge in [0.25, 0.3) is 0 Å². The Balaban J connectivity index is 2.32. The number of aliphatic imine (C=N–C) groups is 1. The van der Waals surface area contributed by atoms with Crippen LogP contribution < -0.4 is 20.5 Å². The first-order valence-electron chi connectivity index (χ1n) is 8.02. The number of nitrogens with one attached hydrogen (secondary N) is 1. The topological polar surface area (TPSA) is 81.3 Å². The molecule has 0 unspecified atom stereocenters. The first-order chi connectivity index (χ1) is 11.6. The largest absolute Gasteiger partial charge is 0.493 e. The minimum atomic E-state index is 0.468. The molecule has 0 aliphatic carbocycles. The van der Waals surface area contributed by atoms with Crippen LogP contribution in [0.25, 0.3) is 0 Å². The van der Waals surface area contributed by atoms with Crippen molar-refractivity contribution in [1.82, 2.24) is 10.2 Å². The third-order valence-electron chi connectivity index (χ3n) is 3.61. The molecule has 7 nitrogen and oxygen atoms in total. The number of rotatable bonds is 11. The highest BCUT2D eigenvalue weighted by Gasteiger charge is 2.04. The van der Waals surface area contributed by atoms with Crippen LogP contribution >= 0.6 is 0 Å². The highest BCUT2D eigenvalue weighted by atomic mass is 16.5. The number of methoxy groups -OCH3 is 3. The van der Waals surface area contributed by atoms with Gasteiger partial charge in [-0.2, -0.15) is 0 Å². The maximum absolute atomic E-state index is 5.88. The molecular formula is C17H30N4O3. The van der Waals surface area contributed by atoms with E-state index in [2.05, 4.69) is 15.2 Å². The number of ether oxygens (including phenoxy) is 3. The SMILES string of the molecule is COCCN(C)CCN=C(N)NCCc1ccc(OC)c(OC)c1. The quantitative estimate of drug-likeness (QED) is 0.457. The Hall–Kier alpha value is -1.99. The number of hydrogen-bond donors (Lipinski definition) is 2. The van der Waals surface area contributed by atoms with E-state index in [-0.39, 0.29) is 0 Å². The summed E-state index contributed by atoms with van der Waals surface area (Å²) >= 11 is 0. The van der Waals surface area contributed by atoms with E-state index in [1.54, 1.807) is 21.3 Å². The first-order valence-corrected chi connectivity index (χ1v) is 8.02. The second-order valence-electron chi connectivity index (χ2n) is 5.43. The number of likely N-dealkylation sites (N-methyl/N-ethyl adjacent to an activating group) is 1. The Kier molecular flexibility index (Phi) is 9.64. The third-order valence-corrected chi connectivity index (χ3v) is 3.61. The molecule has 1 aromatic rings. The minimum absolute atomic E-state index is 0.468. The van der Waals surface area contributed by atoms with Crippen molar-refractivity contribution in [1.29, 1.82) is 0 Å². The molecule has 1 rings (SSSR count). The first kappa shape index (κ1) is 20.1. The second-order valence-corrected chi connectivity index (χ2v) is 5.43. The highest BCUT2D eigenvalue weighted by molar-refractivity contribution is 5.77. The van der Waals surface area contributed by atoms with Gasteiger partial charge in [0.15, 0.2) is 17.5 Å². The lowest BCUT2D eigenvalue weighted by Gasteiger charge is -2.14. The summed E-state index contributed by atoms with van der Waals surface area (Å²) in [6.45, 7) is 3.83. The fourth-order valence-electron chi connectivity index (χ4n) is 2.13. The number of hydrogen-bond acceptors (Lipinski definition) is 5. The van der Waals surface area contributed by atoms with Gasteiger partial charge in [-0.1, -0.05) is 6.07 Å². The summed E-state index contributed by atoms with van der Waals surface area (Å²) < 4.78 is 15.6. The van der Waals surface area contributed by atoms with Crippen molar-refractivity contribution in [2.75, 3.05) is 61.2 Å². The summed E-state index contributed by atoms with van der Waals surface area (Å²) in [7, 11) is 7.00. The van der Waals surface area contributed by atoms with Crippen LogP contribution in [0, 0.1) is 0 Å². The fourth-order valence-corrected chi connectivity index (χ4v) is 2.13. The molecule has 0 amide bonds. The zero-order valence-corrected chi connectivity index (χ0v) is 15.2. The van der Waals surface area contributed by atoms with Gasteiger partial charge in [-0.15, -0.1) is 0 Å². The zero-order chi connectivity index (χ0) is 17.8. The number of guanidine groups is 1. The molecule has 24 heavy (non-hydrogen) atoms. The molecule has 0 heterocycles. The summed E-state index contributed by atoms with van der Waals surface area (Å²) in [6.07, 6.45) is 0.824. The Labute approximate surface area is 144 Å². The van der Waals surface area contributed by atoms with Crippen LogP contribution in [-0.4, -0.2) is 72.0 Å². The summed E-state index contributed by atoms with van der Waals surface area (Å²) in [5.74, 6) is 1.93. The van der Waals surface area contributed by atoms with Crippen LogP contribution in [0.3, 0.4) is 0 Å². The Bertz CT molecular complexity index is 509. The van der Waals surface area contributed by atoms with Crippen molar-refractivity contribution in [3.63, 3.8) is 0 Å². The summed E-state index contributed by atoms with van der Waals surface area (Å²) in [6, 6.07) is 5.89. The van der Waals surface area contributed by atoms with Gasteiger partial charge in [-0.05, 0) is 31.2 Å². The molecule has 0 aliphatic rings. The predicted molar refractivity (Wildman–Crippen MR) is 97.1 cm³/mol. The maximum atomic E-state index is 5.88. The van der Waals surface area contributed by atoms with Crippen LogP contribution in [0.2, 0.25) is 0 Å². The average Bonchev–Trinajstić information content (AvgIpc) is 2.59. The molecule has 0 bridgehead atoms. The lowest BCUT2D eigenvalue weighted by molar-refractivity contribution is 0.163. The Morgan fingerprint density at radius 3 is 2.58 bits per heavy atom. The normalized spacial score (nSPS) is 11.6. The van der Waals surface area contributed by atoms with Crippen molar-refractivity contribution in [3.8, 4) is 11.5 Å². The molecule has 0 saturated heterocycles. The summed E-state index contributed by atoms with van der Waals surface area (Å²) in [4.78, 5) is 6.48. The lowest BCUT2D eigenvalue weighted by atomic mass is 10.1. The van der Waals surface area contributed by atoms with Crippen molar-refractivity contribution in [3.05, 3.63) is 23.8 Å². The number of benzene rings is 1. The number of nitrogens with zero attached hydrogens (tertiary/aromatic N) is 2. The molecule has 0 atom stereocenters. The number of nitrogens with two attached hydrogens (primary N) is 1. The van der Waals surface area contributed by atoms with Gasteiger partial charge >= 0.3 is 0 Å².